The number of H-pyrrole nitrogens is 1. The Morgan fingerprint density at radius 2 is 1.75 bits per heavy atom. The van der Waals surface area contributed by atoms with Crippen LogP contribution in [0.25, 0.3) is 11.3 Å². The van der Waals surface area contributed by atoms with Gasteiger partial charge in [-0.25, -0.2) is 4.98 Å². The highest BCUT2D eigenvalue weighted by Gasteiger charge is 2.14. The fraction of sp³-hybridized carbons (Fsp3) is 0.308. The first-order valence-corrected chi connectivity index (χ1v) is 6.22. The van der Waals surface area contributed by atoms with Gasteiger partial charge in [-0.3, -0.25) is 5.73 Å². The molecule has 0 spiro atoms. The van der Waals surface area contributed by atoms with Gasteiger partial charge >= 0.3 is 5.13 Å². The number of benzene rings is 1. The summed E-state index contributed by atoms with van der Waals surface area (Å²) in [5.74, 6) is 0. The fourth-order valence-corrected chi connectivity index (χ4v) is 2.21. The van der Waals surface area contributed by atoms with Crippen molar-refractivity contribution in [2.45, 2.75) is 26.2 Å². The number of nitrogens with one attached hydrogen (secondary N) is 1. The first kappa shape index (κ1) is 11.1. The van der Waals surface area contributed by atoms with Crippen LogP contribution in [-0.4, -0.2) is 0 Å². The summed E-state index contributed by atoms with van der Waals surface area (Å²) in [4.78, 5) is 3.15. The van der Waals surface area contributed by atoms with E-state index in [1.54, 1.807) is 0 Å². The van der Waals surface area contributed by atoms with Gasteiger partial charge < -0.3 is 0 Å². The largest absolute Gasteiger partial charge is 0.329 e. The molecule has 0 bridgehead atoms. The molecule has 1 heterocycles. The summed E-state index contributed by atoms with van der Waals surface area (Å²) in [6.45, 7) is 6.66. The maximum atomic E-state index is 5.68. The second-order valence-corrected chi connectivity index (χ2v) is 5.88. The first-order chi connectivity index (χ1) is 7.47. The molecule has 0 saturated carbocycles. The lowest BCUT2D eigenvalue weighted by molar-refractivity contribution is -0.340. The van der Waals surface area contributed by atoms with Gasteiger partial charge in [0.2, 0.25) is 0 Å². The van der Waals surface area contributed by atoms with Gasteiger partial charge in [0, 0.05) is 10.9 Å². The Bertz CT molecular complexity index is 477. The highest BCUT2D eigenvalue weighted by atomic mass is 32.1. The van der Waals surface area contributed by atoms with E-state index < -0.39 is 0 Å². The Kier molecular flexibility index (Phi) is 2.72. The maximum Gasteiger partial charge on any atom is 0.329 e. The van der Waals surface area contributed by atoms with E-state index in [1.165, 1.54) is 22.5 Å². The fourth-order valence-electron chi connectivity index (χ4n) is 1.60. The first-order valence-electron chi connectivity index (χ1n) is 5.34. The average Bonchev–Trinajstić information content (AvgIpc) is 2.64. The molecule has 0 aliphatic rings. The van der Waals surface area contributed by atoms with Gasteiger partial charge in [-0.1, -0.05) is 56.4 Å². The molecule has 1 aromatic carbocycles. The summed E-state index contributed by atoms with van der Waals surface area (Å²) in [6, 6.07) is 8.63. The van der Waals surface area contributed by atoms with Crippen LogP contribution < -0.4 is 10.7 Å². The van der Waals surface area contributed by atoms with Gasteiger partial charge in [0.05, 0.1) is 0 Å². The van der Waals surface area contributed by atoms with E-state index >= 15 is 0 Å². The van der Waals surface area contributed by atoms with E-state index in [-0.39, 0.29) is 5.41 Å². The van der Waals surface area contributed by atoms with Crippen LogP contribution in [0, 0.1) is 0 Å². The van der Waals surface area contributed by atoms with Gasteiger partial charge in [0.15, 0.2) is 0 Å². The molecule has 84 valence electrons. The molecule has 0 amide bonds. The number of nitrogens with two attached hydrogens (primary N) is 1. The van der Waals surface area contributed by atoms with Crippen LogP contribution in [0.1, 0.15) is 26.3 Å². The summed E-state index contributed by atoms with van der Waals surface area (Å²) in [6.07, 6.45) is 0. The summed E-state index contributed by atoms with van der Waals surface area (Å²) in [5, 5.41) is 2.79. The molecule has 0 aliphatic carbocycles. The molecule has 0 atom stereocenters. The second-order valence-electron chi connectivity index (χ2n) is 4.97. The minimum absolute atomic E-state index is 0.204. The van der Waals surface area contributed by atoms with E-state index in [9.17, 15) is 0 Å². The van der Waals surface area contributed by atoms with Crippen LogP contribution >= 0.6 is 11.3 Å². The topological polar surface area (TPSA) is 40.2 Å². The predicted molar refractivity (Wildman–Crippen MR) is 69.4 cm³/mol. The van der Waals surface area contributed by atoms with Gasteiger partial charge in [-0.05, 0) is 11.0 Å². The third kappa shape index (κ3) is 2.25. The van der Waals surface area contributed by atoms with Crippen LogP contribution in [0.15, 0.2) is 29.6 Å². The lowest BCUT2D eigenvalue weighted by atomic mass is 9.86. The number of anilines is 1. The molecule has 0 unspecified atom stereocenters. The highest BCUT2D eigenvalue weighted by Crippen LogP contribution is 2.25. The van der Waals surface area contributed by atoms with Crippen molar-refractivity contribution < 1.29 is 4.98 Å². The van der Waals surface area contributed by atoms with Crippen LogP contribution in [0.5, 0.6) is 0 Å². The van der Waals surface area contributed by atoms with Crippen molar-refractivity contribution in [2.24, 2.45) is 0 Å². The molecule has 0 radical (unpaired) electrons. The van der Waals surface area contributed by atoms with Crippen molar-refractivity contribution in [1.82, 2.24) is 0 Å². The molecule has 1 aromatic heterocycles. The Labute approximate surface area is 100 Å². The number of aromatic amines is 1. The van der Waals surface area contributed by atoms with E-state index in [1.807, 2.05) is 5.38 Å². The molecule has 3 N–H and O–H groups in total. The van der Waals surface area contributed by atoms with Crippen LogP contribution in [0.3, 0.4) is 0 Å². The van der Waals surface area contributed by atoms with Crippen molar-refractivity contribution in [1.29, 1.82) is 0 Å². The van der Waals surface area contributed by atoms with Gasteiger partial charge in [0.1, 0.15) is 5.69 Å². The molecule has 2 aromatic rings. The van der Waals surface area contributed by atoms with E-state index in [2.05, 4.69) is 50.0 Å². The zero-order valence-electron chi connectivity index (χ0n) is 9.87. The van der Waals surface area contributed by atoms with Gasteiger partial charge in [0.25, 0.3) is 0 Å². The molecule has 0 saturated heterocycles. The number of aromatic nitrogens is 1. The molecular weight excluding hydrogens is 216 g/mol. The standard InChI is InChI=1S/C13H16N2S/c1-13(2,3)10-6-4-9(5-7-10)11-8-16-12(14)15-11/h4-8H,1-3H3,(H2,14,15)/p+1. The molecule has 3 heteroatoms. The van der Waals surface area contributed by atoms with E-state index in [4.69, 9.17) is 5.73 Å². The number of hydrogen-bond acceptors (Lipinski definition) is 2. The van der Waals surface area contributed by atoms with Crippen molar-refractivity contribution in [3.05, 3.63) is 35.2 Å². The quantitative estimate of drug-likeness (QED) is 0.807. The third-order valence-electron chi connectivity index (χ3n) is 2.62. The summed E-state index contributed by atoms with van der Waals surface area (Å²) in [7, 11) is 0. The normalized spacial score (nSPS) is 11.7. The lowest BCUT2D eigenvalue weighted by Crippen LogP contribution is -2.11. The van der Waals surface area contributed by atoms with Crippen LogP contribution in [-0.2, 0) is 5.41 Å². The minimum Gasteiger partial charge on any atom is -0.278 e. The van der Waals surface area contributed by atoms with Crippen molar-refractivity contribution in [3.8, 4) is 11.3 Å². The van der Waals surface area contributed by atoms with Crippen molar-refractivity contribution >= 4 is 16.5 Å². The smallest absolute Gasteiger partial charge is 0.278 e. The summed E-state index contributed by atoms with van der Waals surface area (Å²) in [5.41, 5.74) is 9.50. The second kappa shape index (κ2) is 3.91. The van der Waals surface area contributed by atoms with Gasteiger partial charge in [-0.2, -0.15) is 0 Å². The molecule has 2 rings (SSSR count). The molecule has 0 fully saturated rings. The SMILES string of the molecule is CC(C)(C)c1ccc(-c2csc(N)[nH+]2)cc1. The van der Waals surface area contributed by atoms with E-state index in [0.29, 0.717) is 0 Å². The third-order valence-corrected chi connectivity index (χ3v) is 3.33. The van der Waals surface area contributed by atoms with E-state index in [0.717, 1.165) is 10.8 Å². The number of nitrogen functional groups attached to an aromatic ring is 1. The van der Waals surface area contributed by atoms with Crippen LogP contribution in [0.2, 0.25) is 0 Å². The monoisotopic (exact) mass is 233 g/mol. The Morgan fingerprint density at radius 1 is 1.12 bits per heavy atom. The molecular formula is C13H17N2S+. The highest BCUT2D eigenvalue weighted by molar-refractivity contribution is 7.13. The molecule has 2 nitrogen and oxygen atoms in total. The molecule has 0 aliphatic heterocycles. The number of hydrogen-bond donors (Lipinski definition) is 1. The van der Waals surface area contributed by atoms with Crippen molar-refractivity contribution in [3.63, 3.8) is 0 Å². The Balaban J connectivity index is 2.33. The van der Waals surface area contributed by atoms with Crippen molar-refractivity contribution in [2.75, 3.05) is 5.73 Å². The Hall–Kier alpha value is -1.35. The predicted octanol–water partition coefficient (Wildman–Crippen LogP) is 3.11. The summed E-state index contributed by atoms with van der Waals surface area (Å²) >= 11 is 1.53. The zero-order valence-corrected chi connectivity index (χ0v) is 10.7. The summed E-state index contributed by atoms with van der Waals surface area (Å²) < 4.78 is 0. The molecule has 16 heavy (non-hydrogen) atoms. The number of rotatable bonds is 1. The Morgan fingerprint density at radius 3 is 2.19 bits per heavy atom. The number of thiazole rings is 1. The average molecular weight is 233 g/mol. The van der Waals surface area contributed by atoms with Gasteiger partial charge in [-0.15, -0.1) is 0 Å². The maximum absolute atomic E-state index is 5.68. The lowest BCUT2D eigenvalue weighted by Gasteiger charge is -2.18. The minimum atomic E-state index is 0.204. The zero-order chi connectivity index (χ0) is 11.8. The van der Waals surface area contributed by atoms with Crippen LogP contribution in [0.4, 0.5) is 5.13 Å².